The van der Waals surface area contributed by atoms with E-state index in [-0.39, 0.29) is 6.61 Å². The Hall–Kier alpha value is -1.61. The smallest absolute Gasteiger partial charge is 0.194 e. The Balaban J connectivity index is 1.97. The highest BCUT2D eigenvalue weighted by Crippen LogP contribution is 2.13. The predicted molar refractivity (Wildman–Crippen MR) is 70.6 cm³/mol. The van der Waals surface area contributed by atoms with Crippen molar-refractivity contribution >= 4 is 0 Å². The van der Waals surface area contributed by atoms with Crippen molar-refractivity contribution in [1.82, 2.24) is 4.98 Å². The number of aliphatic hydroxyl groups excluding tert-OH is 1. The maximum absolute atomic E-state index is 8.91. The minimum Gasteiger partial charge on any atom is -0.446 e. The van der Waals surface area contributed by atoms with E-state index >= 15 is 0 Å². The van der Waals surface area contributed by atoms with Crippen LogP contribution < -0.4 is 0 Å². The zero-order valence-corrected chi connectivity index (χ0v) is 10.9. The average molecular weight is 245 g/mol. The van der Waals surface area contributed by atoms with Gasteiger partial charge >= 0.3 is 0 Å². The van der Waals surface area contributed by atoms with Gasteiger partial charge in [0.15, 0.2) is 5.89 Å². The van der Waals surface area contributed by atoms with Gasteiger partial charge in [0.25, 0.3) is 0 Å². The summed E-state index contributed by atoms with van der Waals surface area (Å²) in [5, 5.41) is 8.91. The third-order valence-electron chi connectivity index (χ3n) is 3.03. The Morgan fingerprint density at radius 1 is 1.06 bits per heavy atom. The quantitative estimate of drug-likeness (QED) is 0.880. The molecule has 0 saturated carbocycles. The highest BCUT2D eigenvalue weighted by atomic mass is 16.4. The van der Waals surface area contributed by atoms with Gasteiger partial charge < -0.3 is 9.52 Å². The minimum atomic E-state index is 0.116. The second-order valence-corrected chi connectivity index (χ2v) is 4.57. The Morgan fingerprint density at radius 3 is 2.44 bits per heavy atom. The first-order valence-electron chi connectivity index (χ1n) is 6.30. The van der Waals surface area contributed by atoms with Crippen molar-refractivity contribution in [3.63, 3.8) is 0 Å². The van der Waals surface area contributed by atoms with E-state index in [1.54, 1.807) is 0 Å². The summed E-state index contributed by atoms with van der Waals surface area (Å²) >= 11 is 0. The van der Waals surface area contributed by atoms with Gasteiger partial charge in [-0.2, -0.15) is 0 Å². The van der Waals surface area contributed by atoms with E-state index in [0.29, 0.717) is 6.42 Å². The first-order valence-corrected chi connectivity index (χ1v) is 6.30. The minimum absolute atomic E-state index is 0.116. The lowest BCUT2D eigenvalue weighted by Gasteiger charge is -1.99. The number of hydrogen-bond donors (Lipinski definition) is 1. The van der Waals surface area contributed by atoms with E-state index in [1.165, 1.54) is 11.1 Å². The van der Waals surface area contributed by atoms with Crippen molar-refractivity contribution in [2.24, 2.45) is 0 Å². The van der Waals surface area contributed by atoms with E-state index in [4.69, 9.17) is 9.52 Å². The fourth-order valence-corrected chi connectivity index (χ4v) is 1.94. The molecule has 3 heteroatoms. The van der Waals surface area contributed by atoms with E-state index in [0.717, 1.165) is 30.2 Å². The molecule has 0 unspecified atom stereocenters. The van der Waals surface area contributed by atoms with E-state index in [9.17, 15) is 0 Å². The van der Waals surface area contributed by atoms with E-state index in [2.05, 4.69) is 36.2 Å². The van der Waals surface area contributed by atoms with Crippen LogP contribution in [-0.2, 0) is 19.3 Å². The fraction of sp³-hybridized carbons (Fsp3) is 0.400. The molecule has 1 aromatic heterocycles. The molecular weight excluding hydrogens is 226 g/mol. The first-order chi connectivity index (χ1) is 8.69. The summed E-state index contributed by atoms with van der Waals surface area (Å²) in [6, 6.07) is 8.51. The van der Waals surface area contributed by atoms with Crippen molar-refractivity contribution < 1.29 is 9.52 Å². The zero-order chi connectivity index (χ0) is 13.0. The monoisotopic (exact) mass is 245 g/mol. The van der Waals surface area contributed by atoms with Gasteiger partial charge in [0.2, 0.25) is 0 Å². The highest BCUT2D eigenvalue weighted by Gasteiger charge is 2.08. The number of nitrogens with zero attached hydrogens (tertiary/aromatic N) is 1. The van der Waals surface area contributed by atoms with Crippen LogP contribution in [0.15, 0.2) is 28.7 Å². The fourth-order valence-electron chi connectivity index (χ4n) is 1.94. The summed E-state index contributed by atoms with van der Waals surface area (Å²) in [5.41, 5.74) is 3.44. The SMILES string of the molecule is Cc1ccc(CCc2nc(CCO)c(C)o2)cc1. The van der Waals surface area contributed by atoms with Crippen LogP contribution in [-0.4, -0.2) is 16.7 Å². The Bertz CT molecular complexity index is 500. The third-order valence-corrected chi connectivity index (χ3v) is 3.03. The number of rotatable bonds is 5. The largest absolute Gasteiger partial charge is 0.446 e. The Morgan fingerprint density at radius 2 is 1.78 bits per heavy atom. The molecule has 0 radical (unpaired) electrons. The average Bonchev–Trinajstić information content (AvgIpc) is 2.70. The van der Waals surface area contributed by atoms with Gasteiger partial charge in [-0.1, -0.05) is 29.8 Å². The van der Waals surface area contributed by atoms with Crippen LogP contribution in [0.2, 0.25) is 0 Å². The molecule has 2 rings (SSSR count). The maximum Gasteiger partial charge on any atom is 0.194 e. The maximum atomic E-state index is 8.91. The first kappa shape index (κ1) is 12.8. The summed E-state index contributed by atoms with van der Waals surface area (Å²) in [4.78, 5) is 4.41. The summed E-state index contributed by atoms with van der Waals surface area (Å²) < 4.78 is 5.59. The molecule has 2 aromatic rings. The van der Waals surface area contributed by atoms with Crippen molar-refractivity contribution in [2.45, 2.75) is 33.1 Å². The number of benzene rings is 1. The summed E-state index contributed by atoms with van der Waals surface area (Å²) in [7, 11) is 0. The van der Waals surface area contributed by atoms with Crippen molar-refractivity contribution in [3.8, 4) is 0 Å². The molecule has 0 saturated heterocycles. The molecule has 96 valence electrons. The molecule has 0 fully saturated rings. The summed E-state index contributed by atoms with van der Waals surface area (Å²) in [6.45, 7) is 4.10. The Kier molecular flexibility index (Phi) is 4.15. The Labute approximate surface area is 107 Å². The molecule has 0 spiro atoms. The van der Waals surface area contributed by atoms with Gasteiger partial charge in [-0.3, -0.25) is 0 Å². The van der Waals surface area contributed by atoms with Gasteiger partial charge in [0, 0.05) is 19.4 Å². The number of aliphatic hydroxyl groups is 1. The third kappa shape index (κ3) is 3.20. The molecule has 0 atom stereocenters. The topological polar surface area (TPSA) is 46.3 Å². The van der Waals surface area contributed by atoms with Gasteiger partial charge in [0.1, 0.15) is 5.76 Å². The van der Waals surface area contributed by atoms with Crippen molar-refractivity contribution in [3.05, 3.63) is 52.7 Å². The molecule has 1 aromatic carbocycles. The van der Waals surface area contributed by atoms with Gasteiger partial charge in [-0.15, -0.1) is 0 Å². The highest BCUT2D eigenvalue weighted by molar-refractivity contribution is 5.21. The molecule has 0 amide bonds. The van der Waals surface area contributed by atoms with Crippen molar-refractivity contribution in [1.29, 1.82) is 0 Å². The normalized spacial score (nSPS) is 10.8. The van der Waals surface area contributed by atoms with Crippen molar-refractivity contribution in [2.75, 3.05) is 6.61 Å². The standard InChI is InChI=1S/C15H19NO2/c1-11-3-5-13(6-4-11)7-8-15-16-14(9-10-17)12(2)18-15/h3-6,17H,7-10H2,1-2H3. The second kappa shape index (κ2) is 5.83. The van der Waals surface area contributed by atoms with E-state index < -0.39 is 0 Å². The lowest BCUT2D eigenvalue weighted by molar-refractivity contribution is 0.297. The molecule has 3 nitrogen and oxygen atoms in total. The molecule has 0 aliphatic carbocycles. The molecular formula is C15H19NO2. The van der Waals surface area contributed by atoms with Crippen LogP contribution >= 0.6 is 0 Å². The zero-order valence-electron chi connectivity index (χ0n) is 10.9. The molecule has 0 aliphatic heterocycles. The number of aryl methyl sites for hydroxylation is 4. The number of hydrogen-bond acceptors (Lipinski definition) is 3. The predicted octanol–water partition coefficient (Wildman–Crippen LogP) is 2.61. The van der Waals surface area contributed by atoms with Gasteiger partial charge in [-0.05, 0) is 25.8 Å². The molecule has 0 bridgehead atoms. The van der Waals surface area contributed by atoms with Gasteiger partial charge in [0.05, 0.1) is 5.69 Å². The number of aromatic nitrogens is 1. The lowest BCUT2D eigenvalue weighted by atomic mass is 10.1. The van der Waals surface area contributed by atoms with Crippen LogP contribution in [0.4, 0.5) is 0 Å². The lowest BCUT2D eigenvalue weighted by Crippen LogP contribution is -1.95. The van der Waals surface area contributed by atoms with E-state index in [1.807, 2.05) is 6.92 Å². The van der Waals surface area contributed by atoms with Crippen LogP contribution in [0.3, 0.4) is 0 Å². The van der Waals surface area contributed by atoms with Crippen LogP contribution in [0.25, 0.3) is 0 Å². The summed E-state index contributed by atoms with van der Waals surface area (Å²) in [6.07, 6.45) is 2.30. The number of oxazole rings is 1. The van der Waals surface area contributed by atoms with Gasteiger partial charge in [-0.25, -0.2) is 4.98 Å². The second-order valence-electron chi connectivity index (χ2n) is 4.57. The summed E-state index contributed by atoms with van der Waals surface area (Å²) in [5.74, 6) is 1.58. The molecule has 0 aliphatic rings. The van der Waals surface area contributed by atoms with Crippen LogP contribution in [0.1, 0.15) is 28.5 Å². The van der Waals surface area contributed by atoms with Crippen LogP contribution in [0, 0.1) is 13.8 Å². The molecule has 1 heterocycles. The molecule has 18 heavy (non-hydrogen) atoms. The molecule has 1 N–H and O–H groups in total. The van der Waals surface area contributed by atoms with Crippen LogP contribution in [0.5, 0.6) is 0 Å².